The van der Waals surface area contributed by atoms with Gasteiger partial charge in [0, 0.05) is 9.13 Å². The molecule has 0 unspecified atom stereocenters. The third kappa shape index (κ3) is 2.44. The van der Waals surface area contributed by atoms with Crippen LogP contribution in [0.2, 0.25) is 0 Å². The van der Waals surface area contributed by atoms with Crippen LogP contribution in [0.25, 0.3) is 0 Å². The first-order valence-corrected chi connectivity index (χ1v) is 5.61. The van der Waals surface area contributed by atoms with E-state index in [-0.39, 0.29) is 5.56 Å². The van der Waals surface area contributed by atoms with Crippen molar-refractivity contribution in [3.63, 3.8) is 0 Å². The summed E-state index contributed by atoms with van der Waals surface area (Å²) in [6, 6.07) is 2.40. The molecule has 0 aliphatic heterocycles. The topological polar surface area (TPSA) is 20.2 Å². The lowest BCUT2D eigenvalue weighted by molar-refractivity contribution is -0.376. The van der Waals surface area contributed by atoms with Gasteiger partial charge in [-0.25, -0.2) is 0 Å². The zero-order valence-electron chi connectivity index (χ0n) is 8.83. The molecule has 1 aromatic carbocycles. The molecule has 0 atom stereocenters. The fraction of sp³-hybridized carbons (Fsp3) is 0.400. The summed E-state index contributed by atoms with van der Waals surface area (Å²) in [5.41, 5.74) is -5.87. The molecule has 0 saturated carbocycles. The second-order valence-corrected chi connectivity index (χ2v) is 4.83. The van der Waals surface area contributed by atoms with Crippen molar-refractivity contribution >= 4 is 22.6 Å². The summed E-state index contributed by atoms with van der Waals surface area (Å²) in [5.74, 6) is 0. The van der Waals surface area contributed by atoms with E-state index in [0.29, 0.717) is 15.7 Å². The molecule has 1 nitrogen and oxygen atoms in total. The highest BCUT2D eigenvalue weighted by Crippen LogP contribution is 2.50. The van der Waals surface area contributed by atoms with Crippen LogP contribution in [0.5, 0.6) is 0 Å². The van der Waals surface area contributed by atoms with Crippen LogP contribution in [0, 0.1) is 10.5 Å². The second kappa shape index (κ2) is 4.55. The van der Waals surface area contributed by atoms with E-state index in [0.717, 1.165) is 6.07 Å². The Morgan fingerprint density at radius 2 is 1.44 bits per heavy atom. The smallest absolute Gasteiger partial charge is 0.369 e. The first kappa shape index (κ1) is 15.5. The molecule has 8 heteroatoms. The third-order valence-electron chi connectivity index (χ3n) is 2.40. The van der Waals surface area contributed by atoms with Crippen molar-refractivity contribution in [2.75, 3.05) is 0 Å². The highest BCUT2D eigenvalue weighted by molar-refractivity contribution is 14.1. The third-order valence-corrected chi connectivity index (χ3v) is 3.61. The van der Waals surface area contributed by atoms with Crippen LogP contribution in [0.1, 0.15) is 11.1 Å². The van der Waals surface area contributed by atoms with Gasteiger partial charge in [0.15, 0.2) is 0 Å². The maximum Gasteiger partial charge on any atom is 0.430 e. The van der Waals surface area contributed by atoms with Gasteiger partial charge in [0.2, 0.25) is 0 Å². The van der Waals surface area contributed by atoms with Gasteiger partial charge in [-0.05, 0) is 41.1 Å². The number of alkyl halides is 6. The van der Waals surface area contributed by atoms with Gasteiger partial charge in [-0.15, -0.1) is 0 Å². The quantitative estimate of drug-likeness (QED) is 0.575. The molecule has 0 radical (unpaired) electrons. The Hall–Kier alpha value is -0.510. The van der Waals surface area contributed by atoms with Crippen molar-refractivity contribution in [1.82, 2.24) is 0 Å². The summed E-state index contributed by atoms with van der Waals surface area (Å²) < 4.78 is 75.8. The maximum atomic E-state index is 12.5. The molecule has 1 rings (SSSR count). The standard InChI is InChI=1S/C10H7F6IO/c1-5-4-6(2-3-7(5)17)8(18,9(11,12)13)10(14,15)16/h2-4,18H,1H3. The molecule has 0 aromatic heterocycles. The van der Waals surface area contributed by atoms with Crippen molar-refractivity contribution in [2.45, 2.75) is 24.9 Å². The molecular formula is C10H7F6IO. The molecule has 1 aromatic rings. The van der Waals surface area contributed by atoms with Gasteiger partial charge in [0.1, 0.15) is 0 Å². The summed E-state index contributed by atoms with van der Waals surface area (Å²) in [7, 11) is 0. The maximum absolute atomic E-state index is 12.5. The van der Waals surface area contributed by atoms with Crippen LogP contribution in [0.4, 0.5) is 26.3 Å². The number of halogens is 7. The van der Waals surface area contributed by atoms with Crippen LogP contribution >= 0.6 is 22.6 Å². The first-order chi connectivity index (χ1) is 7.91. The van der Waals surface area contributed by atoms with Crippen LogP contribution in [-0.4, -0.2) is 17.5 Å². The highest BCUT2D eigenvalue weighted by atomic mass is 127. The minimum atomic E-state index is -5.84. The van der Waals surface area contributed by atoms with E-state index in [1.807, 2.05) is 0 Å². The second-order valence-electron chi connectivity index (χ2n) is 3.67. The Morgan fingerprint density at radius 3 is 1.78 bits per heavy atom. The number of hydrogen-bond acceptors (Lipinski definition) is 1. The van der Waals surface area contributed by atoms with Gasteiger partial charge in [0.25, 0.3) is 5.60 Å². The van der Waals surface area contributed by atoms with Crippen LogP contribution in [0.15, 0.2) is 18.2 Å². The van der Waals surface area contributed by atoms with Crippen molar-refractivity contribution in [3.05, 3.63) is 32.9 Å². The number of aliphatic hydroxyl groups is 1. The van der Waals surface area contributed by atoms with Gasteiger partial charge in [-0.3, -0.25) is 0 Å². The first-order valence-electron chi connectivity index (χ1n) is 4.53. The number of benzene rings is 1. The van der Waals surface area contributed by atoms with Gasteiger partial charge in [-0.2, -0.15) is 26.3 Å². The van der Waals surface area contributed by atoms with E-state index in [9.17, 15) is 26.3 Å². The largest absolute Gasteiger partial charge is 0.430 e. The molecule has 0 saturated heterocycles. The molecule has 18 heavy (non-hydrogen) atoms. The van der Waals surface area contributed by atoms with Gasteiger partial charge in [-0.1, -0.05) is 12.1 Å². The van der Waals surface area contributed by atoms with Gasteiger partial charge in [0.05, 0.1) is 0 Å². The van der Waals surface area contributed by atoms with Crippen LogP contribution < -0.4 is 0 Å². The predicted octanol–water partition coefficient (Wildman–Crippen LogP) is 3.91. The Balaban J connectivity index is 3.51. The number of hydrogen-bond donors (Lipinski definition) is 1. The minimum absolute atomic E-state index is 0.222. The van der Waals surface area contributed by atoms with Crippen LogP contribution in [0.3, 0.4) is 0 Å². The Morgan fingerprint density at radius 1 is 1.00 bits per heavy atom. The predicted molar refractivity (Wildman–Crippen MR) is 59.9 cm³/mol. The summed E-state index contributed by atoms with van der Waals surface area (Å²) in [5, 5.41) is 9.12. The normalized spacial score (nSPS) is 13.8. The van der Waals surface area contributed by atoms with Crippen molar-refractivity contribution in [1.29, 1.82) is 0 Å². The molecule has 1 N–H and O–H groups in total. The zero-order chi connectivity index (χ0) is 14.4. The molecule has 0 aliphatic rings. The molecule has 102 valence electrons. The molecule has 0 heterocycles. The van der Waals surface area contributed by atoms with Crippen molar-refractivity contribution in [2.24, 2.45) is 0 Å². The SMILES string of the molecule is Cc1cc(C(O)(C(F)(F)F)C(F)(F)F)ccc1I. The molecule has 0 amide bonds. The minimum Gasteiger partial charge on any atom is -0.369 e. The molecule has 0 bridgehead atoms. The lowest BCUT2D eigenvalue weighted by Crippen LogP contribution is -2.53. The zero-order valence-corrected chi connectivity index (χ0v) is 11.0. The summed E-state index contributed by atoms with van der Waals surface area (Å²) in [6.45, 7) is 1.36. The van der Waals surface area contributed by atoms with E-state index in [1.165, 1.54) is 6.92 Å². The van der Waals surface area contributed by atoms with Crippen LogP contribution in [-0.2, 0) is 5.60 Å². The monoisotopic (exact) mass is 384 g/mol. The van der Waals surface area contributed by atoms with E-state index in [4.69, 9.17) is 5.11 Å². The van der Waals surface area contributed by atoms with Gasteiger partial charge < -0.3 is 5.11 Å². The Kier molecular flexibility index (Phi) is 3.93. The average molecular weight is 384 g/mol. The Bertz CT molecular complexity index is 437. The van der Waals surface area contributed by atoms with Gasteiger partial charge >= 0.3 is 12.4 Å². The molecule has 0 fully saturated rings. The molecule has 0 aliphatic carbocycles. The van der Waals surface area contributed by atoms with Crippen molar-refractivity contribution < 1.29 is 31.4 Å². The lowest BCUT2D eigenvalue weighted by atomic mass is 9.91. The Labute approximate surface area is 112 Å². The molecule has 0 spiro atoms. The fourth-order valence-corrected chi connectivity index (χ4v) is 1.69. The summed E-state index contributed by atoms with van der Waals surface area (Å²) in [6.07, 6.45) is -11.7. The number of aryl methyl sites for hydroxylation is 1. The summed E-state index contributed by atoms with van der Waals surface area (Å²) >= 11 is 1.77. The highest BCUT2D eigenvalue weighted by Gasteiger charge is 2.71. The van der Waals surface area contributed by atoms with E-state index in [1.54, 1.807) is 22.6 Å². The fourth-order valence-electron chi connectivity index (χ4n) is 1.36. The van der Waals surface area contributed by atoms with E-state index >= 15 is 0 Å². The lowest BCUT2D eigenvalue weighted by Gasteiger charge is -2.32. The molecular weight excluding hydrogens is 377 g/mol. The van der Waals surface area contributed by atoms with Crippen molar-refractivity contribution in [3.8, 4) is 0 Å². The summed E-state index contributed by atoms with van der Waals surface area (Å²) in [4.78, 5) is 0. The van der Waals surface area contributed by atoms with E-state index < -0.39 is 23.5 Å². The number of rotatable bonds is 1. The average Bonchev–Trinajstić information content (AvgIpc) is 2.17. The van der Waals surface area contributed by atoms with E-state index in [2.05, 4.69) is 0 Å².